The van der Waals surface area contributed by atoms with Crippen molar-refractivity contribution >= 4 is 29.7 Å². The molecular formula is C37H62N6O17. The third kappa shape index (κ3) is 26.2. The number of carbonyl (C=O) groups excluding carboxylic acids is 2. The molecule has 342 valence electrons. The number of aliphatic carboxylic acids is 3. The summed E-state index contributed by atoms with van der Waals surface area (Å²) in [5.41, 5.74) is 4.65. The zero-order chi connectivity index (χ0) is 44.0. The van der Waals surface area contributed by atoms with Crippen LogP contribution >= 0.6 is 0 Å². The number of benzene rings is 1. The van der Waals surface area contributed by atoms with Crippen LogP contribution in [0, 0.1) is 0 Å². The summed E-state index contributed by atoms with van der Waals surface area (Å²) >= 11 is 0. The fourth-order valence-corrected chi connectivity index (χ4v) is 5.92. The molecule has 2 amide bonds. The van der Waals surface area contributed by atoms with E-state index in [0.717, 1.165) is 5.56 Å². The molecule has 0 aliphatic carbocycles. The third-order valence-corrected chi connectivity index (χ3v) is 8.87. The van der Waals surface area contributed by atoms with Crippen LogP contribution in [0.25, 0.3) is 0 Å². The number of rotatable bonds is 30. The van der Waals surface area contributed by atoms with E-state index in [4.69, 9.17) is 33.7 Å². The van der Waals surface area contributed by atoms with Gasteiger partial charge in [-0.3, -0.25) is 48.8 Å². The van der Waals surface area contributed by atoms with E-state index in [9.17, 15) is 49.5 Å². The molecule has 0 spiro atoms. The van der Waals surface area contributed by atoms with Gasteiger partial charge in [0, 0.05) is 58.4 Å². The molecule has 1 aliphatic heterocycles. The summed E-state index contributed by atoms with van der Waals surface area (Å²) in [5.74, 6) is -3.86. The Balaban J connectivity index is 1.79. The molecule has 23 heteroatoms. The van der Waals surface area contributed by atoms with E-state index in [1.54, 1.807) is 43.9 Å². The Morgan fingerprint density at radius 1 is 0.600 bits per heavy atom. The second kappa shape index (κ2) is 31.7. The minimum Gasteiger partial charge on any atom is -0.480 e. The molecule has 1 aromatic carbocycles. The highest BCUT2D eigenvalue weighted by Gasteiger charge is 2.27. The number of aliphatic hydroxyl groups is 2. The fourth-order valence-electron chi connectivity index (χ4n) is 5.92. The van der Waals surface area contributed by atoms with Crippen LogP contribution in [0.3, 0.4) is 0 Å². The molecule has 0 saturated carbocycles. The van der Waals surface area contributed by atoms with Crippen LogP contribution in [0.1, 0.15) is 18.4 Å². The van der Waals surface area contributed by atoms with E-state index in [-0.39, 0.29) is 105 Å². The number of nitrogens with one attached hydrogen (secondary N) is 2. The molecule has 60 heavy (non-hydrogen) atoms. The maximum absolute atomic E-state index is 12.3. The van der Waals surface area contributed by atoms with E-state index in [2.05, 4.69) is 5.48 Å². The number of aliphatic hydroxyl groups excluding tert-OH is 1. The zero-order valence-corrected chi connectivity index (χ0v) is 33.9. The van der Waals surface area contributed by atoms with Crippen molar-refractivity contribution in [3.8, 4) is 5.75 Å². The summed E-state index contributed by atoms with van der Waals surface area (Å²) in [5, 5.41) is 56.6. The normalized spacial score (nSPS) is 16.5. The molecule has 8 N–H and O–H groups in total. The van der Waals surface area contributed by atoms with Gasteiger partial charge < -0.3 is 54.1 Å². The topological polar surface area (TPSA) is 299 Å². The Hall–Kier alpha value is -4.11. The van der Waals surface area contributed by atoms with Crippen LogP contribution in [0.15, 0.2) is 24.3 Å². The quantitative estimate of drug-likeness (QED) is 0.0167. The molecule has 1 aliphatic rings. The first kappa shape index (κ1) is 52.0. The first-order chi connectivity index (χ1) is 28.8. The van der Waals surface area contributed by atoms with E-state index < -0.39 is 42.1 Å². The van der Waals surface area contributed by atoms with Crippen LogP contribution in [-0.4, -0.2) is 230 Å². The van der Waals surface area contributed by atoms with Gasteiger partial charge in [-0.05, 0) is 24.1 Å². The van der Waals surface area contributed by atoms with Gasteiger partial charge in [0.05, 0.1) is 98.5 Å². The lowest BCUT2D eigenvalue weighted by molar-refractivity contribution is -0.141. The van der Waals surface area contributed by atoms with Crippen molar-refractivity contribution in [2.45, 2.75) is 31.6 Å². The average Bonchev–Trinajstić information content (AvgIpc) is 3.19. The number of amides is 2. The predicted molar refractivity (Wildman–Crippen MR) is 208 cm³/mol. The molecule has 1 aromatic rings. The molecule has 1 heterocycles. The Morgan fingerprint density at radius 3 is 1.55 bits per heavy atom. The molecule has 1 fully saturated rings. The first-order valence-electron chi connectivity index (χ1n) is 19.6. The number of ether oxygens (including phenoxy) is 5. The number of carboxylic acids is 3. The lowest BCUT2D eigenvalue weighted by Gasteiger charge is -2.38. The lowest BCUT2D eigenvalue weighted by Crippen LogP contribution is -2.53. The molecule has 1 atom stereocenters. The molecule has 23 nitrogen and oxygen atoms in total. The minimum atomic E-state index is -1.65. The molecule has 0 bridgehead atoms. The molecule has 0 unspecified atom stereocenters. The Kier molecular flexibility index (Phi) is 27.5. The third-order valence-electron chi connectivity index (χ3n) is 8.87. The molecule has 2 rings (SSSR count). The predicted octanol–water partition coefficient (Wildman–Crippen LogP) is -2.84. The number of carbonyl (C=O) groups is 5. The van der Waals surface area contributed by atoms with Gasteiger partial charge in [-0.2, -0.15) is 5.48 Å². The monoisotopic (exact) mass is 862 g/mol. The Morgan fingerprint density at radius 2 is 1.05 bits per heavy atom. The van der Waals surface area contributed by atoms with E-state index in [0.29, 0.717) is 58.4 Å². The second-order valence-electron chi connectivity index (χ2n) is 13.7. The highest BCUT2D eigenvalue weighted by molar-refractivity contribution is 5.75. The number of hydrogen-bond donors (Lipinski definition) is 8. The van der Waals surface area contributed by atoms with E-state index in [1.165, 1.54) is 5.48 Å². The van der Waals surface area contributed by atoms with Crippen molar-refractivity contribution in [2.24, 2.45) is 0 Å². The molecule has 1 saturated heterocycles. The van der Waals surface area contributed by atoms with Gasteiger partial charge in [0.1, 0.15) is 0 Å². The smallest absolute Gasteiger partial charge is 0.317 e. The summed E-state index contributed by atoms with van der Waals surface area (Å²) < 4.78 is 26.8. The van der Waals surface area contributed by atoms with Crippen LogP contribution in [0.5, 0.6) is 5.75 Å². The van der Waals surface area contributed by atoms with Gasteiger partial charge in [-0.15, -0.1) is 0 Å². The van der Waals surface area contributed by atoms with Crippen LogP contribution in [0.2, 0.25) is 0 Å². The van der Waals surface area contributed by atoms with Crippen molar-refractivity contribution in [1.82, 2.24) is 30.6 Å². The minimum absolute atomic E-state index is 0.0282. The number of carboxylic acid groups (broad SMARTS) is 3. The van der Waals surface area contributed by atoms with Crippen molar-refractivity contribution in [2.75, 3.05) is 138 Å². The van der Waals surface area contributed by atoms with Crippen LogP contribution in [-0.2, 0) is 54.1 Å². The zero-order valence-electron chi connectivity index (χ0n) is 33.9. The average molecular weight is 863 g/mol. The van der Waals surface area contributed by atoms with E-state index >= 15 is 0 Å². The number of β-amino-alcohol motifs (C(OH)–C–C–N with tert-alkyl or cyclic N) is 2. The lowest BCUT2D eigenvalue weighted by atomic mass is 10.0. The summed E-state index contributed by atoms with van der Waals surface area (Å²) in [6.45, 7) is 3.37. The van der Waals surface area contributed by atoms with Crippen molar-refractivity contribution in [3.05, 3.63) is 29.8 Å². The Bertz CT molecular complexity index is 1380. The standard InChI is InChI=1S/C37H62N6O17/c44-32(38-54)5-13-55-15-17-57-19-21-59-22-20-58-18-16-56-14-6-33(45)39-60-31-3-1-29(2-4-31)23-30-24-42(27-36(50)51)10-9-40(25-34(46)47)7-8-41(26-35(48)49)11-12-43(30)28-37(52)53/h1-4,30,34,46-47,54H,5-28H2,(H,38,44)(H,39,45)(H,48,49)(H,50,51)(H,52,53)/t30-/m0/s1. The first-order valence-corrected chi connectivity index (χ1v) is 19.6. The summed E-state index contributed by atoms with van der Waals surface area (Å²) in [6.07, 6.45) is -1.26. The summed E-state index contributed by atoms with van der Waals surface area (Å²) in [7, 11) is 0. The highest BCUT2D eigenvalue weighted by atomic mass is 16.7. The van der Waals surface area contributed by atoms with Gasteiger partial charge in [0.15, 0.2) is 12.0 Å². The fraction of sp³-hybridized carbons (Fsp3) is 0.703. The maximum Gasteiger partial charge on any atom is 0.317 e. The number of nitrogens with zero attached hydrogens (tertiary/aromatic N) is 4. The SMILES string of the molecule is O=C(O)CN1CCN(CC(O)O)CCN(CC(=O)O)C[C@H](Cc2ccc(ONC(=O)CCOCCOCCOCCOCCOCCC(=O)NO)cc2)N(CC(=O)O)CC1. The largest absolute Gasteiger partial charge is 0.480 e. The highest BCUT2D eigenvalue weighted by Crippen LogP contribution is 2.17. The van der Waals surface area contributed by atoms with Crippen LogP contribution < -0.4 is 15.8 Å². The molecule has 0 radical (unpaired) electrons. The number of hydrogen-bond acceptors (Lipinski definition) is 18. The van der Waals surface area contributed by atoms with Gasteiger partial charge in [-0.1, -0.05) is 12.1 Å². The molecule has 0 aromatic heterocycles. The van der Waals surface area contributed by atoms with Gasteiger partial charge in [0.25, 0.3) is 5.91 Å². The molecular weight excluding hydrogens is 800 g/mol. The van der Waals surface area contributed by atoms with Crippen molar-refractivity contribution in [1.29, 1.82) is 0 Å². The van der Waals surface area contributed by atoms with Gasteiger partial charge >= 0.3 is 17.9 Å². The summed E-state index contributed by atoms with van der Waals surface area (Å²) in [4.78, 5) is 70.8. The second-order valence-corrected chi connectivity index (χ2v) is 13.7. The van der Waals surface area contributed by atoms with Crippen LogP contribution in [0.4, 0.5) is 0 Å². The van der Waals surface area contributed by atoms with Crippen molar-refractivity contribution < 1.29 is 83.2 Å². The number of hydroxylamine groups is 2. The van der Waals surface area contributed by atoms with Gasteiger partial charge in [0.2, 0.25) is 5.91 Å². The van der Waals surface area contributed by atoms with Gasteiger partial charge in [-0.25, -0.2) is 5.48 Å². The van der Waals surface area contributed by atoms with E-state index in [1.807, 2.05) is 0 Å². The Labute approximate surface area is 348 Å². The summed E-state index contributed by atoms with van der Waals surface area (Å²) in [6, 6.07) is 6.22. The maximum atomic E-state index is 12.3. The van der Waals surface area contributed by atoms with Crippen molar-refractivity contribution in [3.63, 3.8) is 0 Å².